The van der Waals surface area contributed by atoms with Crippen molar-refractivity contribution in [2.45, 2.75) is 43.4 Å². The largest absolute Gasteiger partial charge is 0.320 e. The number of para-hydroxylation sites is 2. The number of hydrogen-bond donors (Lipinski definition) is 0. The predicted octanol–water partition coefficient (Wildman–Crippen LogP) is 4.96. The van der Waals surface area contributed by atoms with Crippen LogP contribution in [0.3, 0.4) is 0 Å². The fraction of sp³-hybridized carbons (Fsp3) is 0.348. The quantitative estimate of drug-likeness (QED) is 0.352. The lowest BCUT2D eigenvalue weighted by Crippen LogP contribution is -2.21. The van der Waals surface area contributed by atoms with Crippen molar-refractivity contribution in [3.63, 3.8) is 0 Å². The second kappa shape index (κ2) is 9.38. The zero-order chi connectivity index (χ0) is 21.9. The Morgan fingerprint density at radius 2 is 1.62 bits per heavy atom. The summed E-state index contributed by atoms with van der Waals surface area (Å²) in [5.41, 5.74) is 2.17. The first-order valence-electron chi connectivity index (χ1n) is 10.7. The average molecular weight is 455 g/mol. The van der Waals surface area contributed by atoms with E-state index in [0.29, 0.717) is 23.4 Å². The van der Waals surface area contributed by atoms with Gasteiger partial charge in [0, 0.05) is 0 Å². The monoisotopic (exact) mass is 454 g/mol. The van der Waals surface area contributed by atoms with Crippen LogP contribution in [0.1, 0.15) is 36.6 Å². The van der Waals surface area contributed by atoms with Crippen LogP contribution in [-0.2, 0) is 18.8 Å². The summed E-state index contributed by atoms with van der Waals surface area (Å²) in [6, 6.07) is 17.2. The van der Waals surface area contributed by atoms with Gasteiger partial charge in [-0.15, -0.1) is 10.2 Å². The summed E-state index contributed by atoms with van der Waals surface area (Å²) in [4.78, 5) is 6.83. The van der Waals surface area contributed by atoms with Gasteiger partial charge in [0.25, 0.3) is 0 Å². The molecule has 4 aromatic rings. The van der Waals surface area contributed by atoms with Crippen LogP contribution in [0, 0.1) is 0 Å². The van der Waals surface area contributed by atoms with Crippen LogP contribution in [0.25, 0.3) is 11.0 Å². The summed E-state index contributed by atoms with van der Waals surface area (Å²) < 4.78 is 30.7. The number of imidazole rings is 1. The lowest BCUT2D eigenvalue weighted by Gasteiger charge is -2.16. The molecule has 1 aliphatic rings. The summed E-state index contributed by atoms with van der Waals surface area (Å²) in [6.07, 6.45) is 2.41. The summed E-state index contributed by atoms with van der Waals surface area (Å²) in [7, 11) is 0. The van der Waals surface area contributed by atoms with Crippen molar-refractivity contribution < 1.29 is 8.78 Å². The number of benzene rings is 2. The lowest BCUT2D eigenvalue weighted by molar-refractivity contribution is 0.0722. The molecule has 2 aromatic carbocycles. The maximum atomic E-state index is 13.8. The molecule has 0 spiro atoms. The number of thioether (sulfide) groups is 1. The Morgan fingerprint density at radius 1 is 0.875 bits per heavy atom. The molecule has 1 saturated heterocycles. The molecule has 1 fully saturated rings. The van der Waals surface area contributed by atoms with E-state index in [-0.39, 0.29) is 5.75 Å². The number of rotatable bonds is 8. The summed E-state index contributed by atoms with van der Waals surface area (Å²) in [5.74, 6) is 1.53. The first kappa shape index (κ1) is 21.1. The van der Waals surface area contributed by atoms with Gasteiger partial charge in [0.1, 0.15) is 11.6 Å². The highest BCUT2D eigenvalue weighted by Crippen LogP contribution is 2.29. The fourth-order valence-corrected chi connectivity index (χ4v) is 5.04. The minimum atomic E-state index is -2.65. The number of alkyl halides is 2. The van der Waals surface area contributed by atoms with Crippen LogP contribution in [0.2, 0.25) is 0 Å². The molecule has 0 unspecified atom stereocenters. The lowest BCUT2D eigenvalue weighted by atomic mass is 10.2. The van der Waals surface area contributed by atoms with Gasteiger partial charge < -0.3 is 4.57 Å². The second-order valence-electron chi connectivity index (χ2n) is 7.91. The van der Waals surface area contributed by atoms with Gasteiger partial charge in [-0.2, -0.15) is 8.78 Å². The molecule has 0 aliphatic carbocycles. The van der Waals surface area contributed by atoms with Crippen molar-refractivity contribution in [3.8, 4) is 0 Å². The molecule has 6 nitrogen and oxygen atoms in total. The molecule has 0 atom stereocenters. The number of nitrogens with zero attached hydrogens (tertiary/aromatic N) is 6. The van der Waals surface area contributed by atoms with Crippen molar-refractivity contribution in [2.75, 3.05) is 13.1 Å². The summed E-state index contributed by atoms with van der Waals surface area (Å²) in [5, 5.41) is 9.60. The minimum Gasteiger partial charge on any atom is -0.300 e. The molecule has 2 aromatic heterocycles. The van der Waals surface area contributed by atoms with Gasteiger partial charge in [0.2, 0.25) is 0 Å². The van der Waals surface area contributed by atoms with Gasteiger partial charge in [-0.1, -0.05) is 54.2 Å². The highest BCUT2D eigenvalue weighted by Gasteiger charge is 2.21. The van der Waals surface area contributed by atoms with Crippen LogP contribution in [0.15, 0.2) is 59.8 Å². The second-order valence-corrected chi connectivity index (χ2v) is 8.85. The van der Waals surface area contributed by atoms with E-state index in [1.54, 1.807) is 18.2 Å². The summed E-state index contributed by atoms with van der Waals surface area (Å²) >= 11 is 1.40. The number of hydrogen-bond acceptors (Lipinski definition) is 5. The van der Waals surface area contributed by atoms with E-state index >= 15 is 0 Å². The molecule has 0 saturated carbocycles. The van der Waals surface area contributed by atoms with Crippen LogP contribution in [0.5, 0.6) is 0 Å². The van der Waals surface area contributed by atoms with Gasteiger partial charge in [-0.05, 0) is 43.6 Å². The Bertz CT molecular complexity index is 1180. The minimum absolute atomic E-state index is 0.287. The normalized spacial score (nSPS) is 14.7. The molecule has 5 rings (SSSR count). The Hall–Kier alpha value is -2.78. The Labute approximate surface area is 189 Å². The van der Waals surface area contributed by atoms with Crippen LogP contribution in [-0.4, -0.2) is 42.3 Å². The van der Waals surface area contributed by atoms with E-state index in [2.05, 4.69) is 36.8 Å². The van der Waals surface area contributed by atoms with E-state index in [4.69, 9.17) is 0 Å². The van der Waals surface area contributed by atoms with Crippen molar-refractivity contribution in [2.24, 2.45) is 0 Å². The molecule has 1 aliphatic heterocycles. The van der Waals surface area contributed by atoms with Crippen molar-refractivity contribution in [1.29, 1.82) is 0 Å². The van der Waals surface area contributed by atoms with Crippen LogP contribution >= 0.6 is 11.8 Å². The van der Waals surface area contributed by atoms with Crippen LogP contribution < -0.4 is 0 Å². The van der Waals surface area contributed by atoms with Crippen molar-refractivity contribution in [1.82, 2.24) is 29.2 Å². The molecular formula is C23H24F2N6S. The molecule has 9 heteroatoms. The molecular weight excluding hydrogens is 430 g/mol. The maximum Gasteiger partial charge on any atom is 0.320 e. The molecule has 166 valence electrons. The third kappa shape index (κ3) is 4.40. The number of likely N-dealkylation sites (tertiary alicyclic amines) is 1. The SMILES string of the molecule is FC(F)n1c(CSc2nnc(CN3CCCC3)n2Cc2ccccc2)nc2ccccc21. The summed E-state index contributed by atoms with van der Waals surface area (Å²) in [6.45, 7) is 0.879. The number of fused-ring (bicyclic) bond motifs is 1. The standard InChI is InChI=1S/C23H24F2N6S/c24-22(25)31-19-11-5-4-10-18(19)26-21(31)16-32-23-28-27-20(15-29-12-6-7-13-29)30(23)14-17-8-2-1-3-9-17/h1-5,8-11,22H,6-7,12-16H2. The van der Waals surface area contributed by atoms with E-state index in [9.17, 15) is 8.78 Å². The van der Waals surface area contributed by atoms with E-state index < -0.39 is 6.55 Å². The average Bonchev–Trinajstić information content (AvgIpc) is 3.53. The van der Waals surface area contributed by atoms with Gasteiger partial charge in [0.15, 0.2) is 5.16 Å². The molecule has 32 heavy (non-hydrogen) atoms. The molecule has 0 radical (unpaired) electrons. The number of aromatic nitrogens is 5. The van der Waals surface area contributed by atoms with E-state index in [1.807, 2.05) is 24.3 Å². The zero-order valence-corrected chi connectivity index (χ0v) is 18.4. The fourth-order valence-electron chi connectivity index (χ4n) is 4.15. The highest BCUT2D eigenvalue weighted by molar-refractivity contribution is 7.98. The number of halogens is 2. The molecule has 3 heterocycles. The van der Waals surface area contributed by atoms with Gasteiger partial charge in [0.05, 0.1) is 29.9 Å². The third-order valence-corrected chi connectivity index (χ3v) is 6.70. The molecule has 0 N–H and O–H groups in total. The first-order valence-corrected chi connectivity index (χ1v) is 11.7. The smallest absolute Gasteiger partial charge is 0.300 e. The molecule has 0 bridgehead atoms. The Balaban J connectivity index is 1.42. The van der Waals surface area contributed by atoms with Gasteiger partial charge in [-0.25, -0.2) is 4.98 Å². The topological polar surface area (TPSA) is 51.8 Å². The van der Waals surface area contributed by atoms with Crippen molar-refractivity contribution in [3.05, 3.63) is 71.8 Å². The Kier molecular flexibility index (Phi) is 6.18. The predicted molar refractivity (Wildman–Crippen MR) is 121 cm³/mol. The zero-order valence-electron chi connectivity index (χ0n) is 17.6. The highest BCUT2D eigenvalue weighted by atomic mass is 32.2. The molecule has 0 amide bonds. The van der Waals surface area contributed by atoms with Gasteiger partial charge in [-0.3, -0.25) is 9.47 Å². The first-order chi connectivity index (χ1) is 15.7. The maximum absolute atomic E-state index is 13.8. The van der Waals surface area contributed by atoms with E-state index in [0.717, 1.165) is 40.7 Å². The Morgan fingerprint density at radius 3 is 2.41 bits per heavy atom. The van der Waals surface area contributed by atoms with Gasteiger partial charge >= 0.3 is 6.55 Å². The van der Waals surface area contributed by atoms with Crippen molar-refractivity contribution >= 4 is 22.8 Å². The van der Waals surface area contributed by atoms with Crippen LogP contribution in [0.4, 0.5) is 8.78 Å². The van der Waals surface area contributed by atoms with E-state index in [1.165, 1.54) is 24.6 Å². The third-order valence-electron chi connectivity index (χ3n) is 5.74.